The summed E-state index contributed by atoms with van der Waals surface area (Å²) in [5.74, 6) is 0.939. The number of rotatable bonds is 6. The first-order valence-corrected chi connectivity index (χ1v) is 9.76. The SMILES string of the molecule is CCn1nc(C)c(CN[C@@H]2CCN(c3nc(C(=O)N(C)C)nc(C)c3C)C2)n1. The lowest BCUT2D eigenvalue weighted by Gasteiger charge is -2.22. The van der Waals surface area contributed by atoms with Crippen molar-refractivity contribution in [2.45, 2.75) is 53.2 Å². The Morgan fingerprint density at radius 1 is 1.18 bits per heavy atom. The summed E-state index contributed by atoms with van der Waals surface area (Å²) in [6.07, 6.45) is 1.01. The Labute approximate surface area is 166 Å². The summed E-state index contributed by atoms with van der Waals surface area (Å²) in [4.78, 5) is 26.8. The molecule has 9 nitrogen and oxygen atoms in total. The lowest BCUT2D eigenvalue weighted by molar-refractivity contribution is 0.0815. The van der Waals surface area contributed by atoms with Crippen molar-refractivity contribution in [3.05, 3.63) is 28.5 Å². The van der Waals surface area contributed by atoms with Crippen LogP contribution in [0.2, 0.25) is 0 Å². The van der Waals surface area contributed by atoms with Crippen molar-refractivity contribution >= 4 is 11.7 Å². The van der Waals surface area contributed by atoms with Gasteiger partial charge in [0.15, 0.2) is 0 Å². The molecule has 0 aromatic carbocycles. The smallest absolute Gasteiger partial charge is 0.291 e. The highest BCUT2D eigenvalue weighted by Crippen LogP contribution is 2.24. The third-order valence-electron chi connectivity index (χ3n) is 5.21. The number of amides is 1. The van der Waals surface area contributed by atoms with Gasteiger partial charge < -0.3 is 15.1 Å². The van der Waals surface area contributed by atoms with E-state index in [1.54, 1.807) is 18.9 Å². The molecule has 3 heterocycles. The summed E-state index contributed by atoms with van der Waals surface area (Å²) in [5.41, 5.74) is 3.84. The van der Waals surface area contributed by atoms with Crippen LogP contribution in [0.3, 0.4) is 0 Å². The summed E-state index contributed by atoms with van der Waals surface area (Å²) < 4.78 is 0. The summed E-state index contributed by atoms with van der Waals surface area (Å²) in [7, 11) is 3.43. The quantitative estimate of drug-likeness (QED) is 0.794. The second-order valence-electron chi connectivity index (χ2n) is 7.51. The molecule has 3 rings (SSSR count). The van der Waals surface area contributed by atoms with Crippen molar-refractivity contribution in [3.63, 3.8) is 0 Å². The molecule has 1 atom stereocenters. The standard InChI is InChI=1S/C19H30N8O/c1-7-27-23-14(4)16(24-27)10-20-15-8-9-26(11-15)18-12(2)13(3)21-17(22-18)19(28)25(5)6/h15,20H,7-11H2,1-6H3/t15-/m1/s1. The average molecular weight is 387 g/mol. The van der Waals surface area contributed by atoms with Crippen molar-refractivity contribution in [2.24, 2.45) is 0 Å². The number of nitrogens with one attached hydrogen (secondary N) is 1. The van der Waals surface area contributed by atoms with Crippen molar-refractivity contribution in [1.29, 1.82) is 0 Å². The fourth-order valence-corrected chi connectivity index (χ4v) is 3.35. The van der Waals surface area contributed by atoms with E-state index < -0.39 is 0 Å². The minimum Gasteiger partial charge on any atom is -0.355 e. The Balaban J connectivity index is 1.69. The van der Waals surface area contributed by atoms with Gasteiger partial charge >= 0.3 is 0 Å². The van der Waals surface area contributed by atoms with E-state index in [-0.39, 0.29) is 11.7 Å². The van der Waals surface area contributed by atoms with Crippen LogP contribution in [-0.4, -0.2) is 69.0 Å². The molecule has 1 amide bonds. The topological polar surface area (TPSA) is 92.1 Å². The highest BCUT2D eigenvalue weighted by molar-refractivity contribution is 5.90. The van der Waals surface area contributed by atoms with Gasteiger partial charge in [0, 0.05) is 51.0 Å². The first kappa shape index (κ1) is 20.2. The Morgan fingerprint density at radius 2 is 1.93 bits per heavy atom. The molecule has 1 N–H and O–H groups in total. The largest absolute Gasteiger partial charge is 0.355 e. The number of carbonyl (C=O) groups excluding carboxylic acids is 1. The van der Waals surface area contributed by atoms with Crippen LogP contribution in [0.1, 0.15) is 46.6 Å². The van der Waals surface area contributed by atoms with Crippen LogP contribution in [0.5, 0.6) is 0 Å². The summed E-state index contributed by atoms with van der Waals surface area (Å²) >= 11 is 0. The number of hydrogen-bond acceptors (Lipinski definition) is 7. The van der Waals surface area contributed by atoms with Gasteiger partial charge in [0.2, 0.25) is 5.82 Å². The first-order valence-electron chi connectivity index (χ1n) is 9.76. The van der Waals surface area contributed by atoms with Gasteiger partial charge in [-0.15, -0.1) is 0 Å². The summed E-state index contributed by atoms with van der Waals surface area (Å²) in [5, 5.41) is 12.5. The maximum Gasteiger partial charge on any atom is 0.291 e. The molecule has 1 fully saturated rings. The summed E-state index contributed by atoms with van der Waals surface area (Å²) in [6, 6.07) is 0.342. The molecule has 152 valence electrons. The zero-order valence-corrected chi connectivity index (χ0v) is 17.7. The Morgan fingerprint density at radius 3 is 2.57 bits per heavy atom. The third kappa shape index (κ3) is 4.14. The van der Waals surface area contributed by atoms with Gasteiger partial charge in [-0.25, -0.2) is 9.97 Å². The normalized spacial score (nSPS) is 16.6. The highest BCUT2D eigenvalue weighted by Gasteiger charge is 2.27. The van der Waals surface area contributed by atoms with E-state index in [9.17, 15) is 4.79 Å². The van der Waals surface area contributed by atoms with Crippen LogP contribution in [0.15, 0.2) is 0 Å². The Kier molecular flexibility index (Phi) is 5.93. The number of nitrogens with zero attached hydrogens (tertiary/aromatic N) is 7. The van der Waals surface area contributed by atoms with E-state index in [0.29, 0.717) is 12.6 Å². The maximum atomic E-state index is 12.3. The van der Waals surface area contributed by atoms with Gasteiger partial charge in [-0.2, -0.15) is 15.0 Å². The minimum atomic E-state index is -0.173. The van der Waals surface area contributed by atoms with Crippen LogP contribution < -0.4 is 10.2 Å². The van der Waals surface area contributed by atoms with E-state index in [2.05, 4.69) is 30.4 Å². The Hall–Kier alpha value is -2.55. The zero-order chi connectivity index (χ0) is 20.4. The predicted molar refractivity (Wildman–Crippen MR) is 107 cm³/mol. The van der Waals surface area contributed by atoms with Crippen LogP contribution in [0.4, 0.5) is 5.82 Å². The highest BCUT2D eigenvalue weighted by atomic mass is 16.2. The van der Waals surface area contributed by atoms with Gasteiger partial charge in [0.1, 0.15) is 5.82 Å². The molecule has 1 aliphatic rings. The molecule has 0 spiro atoms. The van der Waals surface area contributed by atoms with Gasteiger partial charge in [-0.3, -0.25) is 4.79 Å². The fourth-order valence-electron chi connectivity index (χ4n) is 3.35. The summed E-state index contributed by atoms with van der Waals surface area (Å²) in [6.45, 7) is 11.2. The predicted octanol–water partition coefficient (Wildman–Crippen LogP) is 1.08. The number of hydrogen-bond donors (Lipinski definition) is 1. The van der Waals surface area contributed by atoms with Crippen LogP contribution in [-0.2, 0) is 13.1 Å². The number of anilines is 1. The zero-order valence-electron chi connectivity index (χ0n) is 17.7. The van der Waals surface area contributed by atoms with E-state index in [1.807, 2.05) is 27.7 Å². The lowest BCUT2D eigenvalue weighted by atomic mass is 10.2. The molecule has 9 heteroatoms. The van der Waals surface area contributed by atoms with Gasteiger partial charge in [0.05, 0.1) is 17.9 Å². The van der Waals surface area contributed by atoms with Crippen molar-refractivity contribution in [3.8, 4) is 0 Å². The Bertz CT molecular complexity index is 860. The van der Waals surface area contributed by atoms with E-state index in [1.165, 1.54) is 4.90 Å². The van der Waals surface area contributed by atoms with Crippen molar-refractivity contribution in [2.75, 3.05) is 32.1 Å². The van der Waals surface area contributed by atoms with E-state index in [4.69, 9.17) is 0 Å². The molecule has 0 radical (unpaired) electrons. The van der Waals surface area contributed by atoms with E-state index >= 15 is 0 Å². The van der Waals surface area contributed by atoms with Gasteiger partial charge in [-0.05, 0) is 34.1 Å². The molecular weight excluding hydrogens is 356 g/mol. The maximum absolute atomic E-state index is 12.3. The number of aryl methyl sites for hydroxylation is 3. The fraction of sp³-hybridized carbons (Fsp3) is 0.632. The molecule has 28 heavy (non-hydrogen) atoms. The second kappa shape index (κ2) is 8.22. The van der Waals surface area contributed by atoms with E-state index in [0.717, 1.165) is 54.5 Å². The van der Waals surface area contributed by atoms with Crippen molar-refractivity contribution in [1.82, 2.24) is 35.2 Å². The van der Waals surface area contributed by atoms with Crippen molar-refractivity contribution < 1.29 is 4.79 Å². The minimum absolute atomic E-state index is 0.173. The molecule has 1 aliphatic heterocycles. The second-order valence-corrected chi connectivity index (χ2v) is 7.51. The molecule has 2 aromatic heterocycles. The molecule has 0 aliphatic carbocycles. The van der Waals surface area contributed by atoms with Crippen LogP contribution in [0, 0.1) is 20.8 Å². The number of aromatic nitrogens is 5. The molecular formula is C19H30N8O. The molecule has 0 unspecified atom stereocenters. The van der Waals surface area contributed by atoms with Crippen LogP contribution >= 0.6 is 0 Å². The molecule has 0 saturated carbocycles. The molecule has 2 aromatic rings. The average Bonchev–Trinajstić information content (AvgIpc) is 3.27. The first-order chi connectivity index (χ1) is 13.3. The van der Waals surface area contributed by atoms with Gasteiger partial charge in [-0.1, -0.05) is 0 Å². The number of carbonyl (C=O) groups is 1. The lowest BCUT2D eigenvalue weighted by Crippen LogP contribution is -2.33. The van der Waals surface area contributed by atoms with Gasteiger partial charge in [0.25, 0.3) is 5.91 Å². The monoisotopic (exact) mass is 386 g/mol. The molecule has 1 saturated heterocycles. The molecule has 0 bridgehead atoms. The van der Waals surface area contributed by atoms with Crippen LogP contribution in [0.25, 0.3) is 0 Å². The third-order valence-corrected chi connectivity index (χ3v) is 5.21.